The van der Waals surface area contributed by atoms with Crippen LogP contribution in [0, 0.1) is 13.8 Å². The summed E-state index contributed by atoms with van der Waals surface area (Å²) in [6.07, 6.45) is 4.99. The van der Waals surface area contributed by atoms with E-state index in [-0.39, 0.29) is 4.90 Å². The lowest BCUT2D eigenvalue weighted by Crippen LogP contribution is -2.49. The zero-order valence-electron chi connectivity index (χ0n) is 15.1. The van der Waals surface area contributed by atoms with Crippen molar-refractivity contribution in [2.45, 2.75) is 18.7 Å². The summed E-state index contributed by atoms with van der Waals surface area (Å²) in [7, 11) is -3.56. The molecule has 0 aliphatic carbocycles. The first kappa shape index (κ1) is 17.6. The summed E-state index contributed by atoms with van der Waals surface area (Å²) in [6, 6.07) is 3.67. The maximum absolute atomic E-state index is 13.0. The first-order valence-corrected chi connectivity index (χ1v) is 9.99. The average Bonchev–Trinajstić information content (AvgIpc) is 3.32. The van der Waals surface area contributed by atoms with Gasteiger partial charge in [0, 0.05) is 44.6 Å². The molecule has 4 heterocycles. The minimum Gasteiger partial charge on any atom is -0.354 e. The van der Waals surface area contributed by atoms with E-state index in [1.165, 1.54) is 10.6 Å². The highest BCUT2D eigenvalue weighted by Gasteiger charge is 2.32. The van der Waals surface area contributed by atoms with Gasteiger partial charge in [0.25, 0.3) is 0 Å². The van der Waals surface area contributed by atoms with Crippen LogP contribution in [0.2, 0.25) is 0 Å². The molecule has 10 nitrogen and oxygen atoms in total. The molecule has 0 unspecified atom stereocenters. The fourth-order valence-electron chi connectivity index (χ4n) is 3.25. The van der Waals surface area contributed by atoms with Crippen LogP contribution in [0.3, 0.4) is 0 Å². The number of aromatic amines is 1. The molecule has 0 saturated carbocycles. The van der Waals surface area contributed by atoms with Crippen LogP contribution in [-0.2, 0) is 10.0 Å². The molecule has 0 atom stereocenters. The van der Waals surface area contributed by atoms with Crippen molar-refractivity contribution in [2.24, 2.45) is 0 Å². The van der Waals surface area contributed by atoms with Crippen LogP contribution in [-0.4, -0.2) is 68.8 Å². The average molecular weight is 388 g/mol. The third kappa shape index (κ3) is 3.19. The number of rotatable bonds is 4. The van der Waals surface area contributed by atoms with Crippen molar-refractivity contribution >= 4 is 15.8 Å². The van der Waals surface area contributed by atoms with E-state index in [1.54, 1.807) is 24.7 Å². The lowest BCUT2D eigenvalue weighted by Gasteiger charge is -2.34. The molecule has 1 N–H and O–H groups in total. The molecule has 0 aromatic carbocycles. The van der Waals surface area contributed by atoms with Gasteiger partial charge in [0.05, 0.1) is 11.4 Å². The van der Waals surface area contributed by atoms with E-state index in [9.17, 15) is 8.42 Å². The monoisotopic (exact) mass is 388 g/mol. The summed E-state index contributed by atoms with van der Waals surface area (Å²) < 4.78 is 29.1. The molecule has 0 bridgehead atoms. The van der Waals surface area contributed by atoms with Crippen molar-refractivity contribution in [3.8, 4) is 5.82 Å². The summed E-state index contributed by atoms with van der Waals surface area (Å²) in [5.41, 5.74) is 1.06. The van der Waals surface area contributed by atoms with Crippen molar-refractivity contribution in [2.75, 3.05) is 31.1 Å². The van der Waals surface area contributed by atoms with E-state index < -0.39 is 10.0 Å². The van der Waals surface area contributed by atoms with Gasteiger partial charge in [-0.25, -0.2) is 23.1 Å². The van der Waals surface area contributed by atoms with Crippen LogP contribution < -0.4 is 4.90 Å². The molecular formula is C16H20N8O2S. The number of aromatic nitrogens is 6. The molecule has 3 aromatic heterocycles. The Morgan fingerprint density at radius 3 is 2.44 bits per heavy atom. The lowest BCUT2D eigenvalue weighted by atomic mass is 10.3. The number of anilines is 1. The number of nitrogens with one attached hydrogen (secondary N) is 1. The van der Waals surface area contributed by atoms with Gasteiger partial charge in [-0.15, -0.1) is 0 Å². The third-order valence-corrected chi connectivity index (χ3v) is 6.76. The molecule has 27 heavy (non-hydrogen) atoms. The Labute approximate surface area is 156 Å². The molecule has 0 radical (unpaired) electrons. The number of piperazine rings is 1. The first-order valence-electron chi connectivity index (χ1n) is 8.55. The molecule has 1 saturated heterocycles. The largest absolute Gasteiger partial charge is 0.354 e. The van der Waals surface area contributed by atoms with Gasteiger partial charge in [0.1, 0.15) is 17.0 Å². The predicted molar refractivity (Wildman–Crippen MR) is 98.2 cm³/mol. The predicted octanol–water partition coefficient (Wildman–Crippen LogP) is 0.513. The second-order valence-corrected chi connectivity index (χ2v) is 8.21. The molecule has 1 aliphatic rings. The summed E-state index contributed by atoms with van der Waals surface area (Å²) in [5, 5.41) is 10.9. The highest BCUT2D eigenvalue weighted by atomic mass is 32.2. The molecule has 4 rings (SSSR count). The Hall–Kier alpha value is -2.79. The Bertz CT molecular complexity index is 1020. The van der Waals surface area contributed by atoms with Crippen molar-refractivity contribution in [3.63, 3.8) is 0 Å². The Morgan fingerprint density at radius 2 is 1.81 bits per heavy atom. The van der Waals surface area contributed by atoms with E-state index in [0.29, 0.717) is 43.4 Å². The van der Waals surface area contributed by atoms with Gasteiger partial charge in [0.15, 0.2) is 5.82 Å². The summed E-state index contributed by atoms with van der Waals surface area (Å²) in [5.74, 6) is 1.42. The lowest BCUT2D eigenvalue weighted by molar-refractivity contribution is 0.383. The molecule has 3 aromatic rings. The minimum atomic E-state index is -3.56. The van der Waals surface area contributed by atoms with E-state index in [2.05, 4.69) is 30.2 Å². The second kappa shape index (κ2) is 6.74. The highest BCUT2D eigenvalue weighted by molar-refractivity contribution is 7.89. The third-order valence-electron chi connectivity index (χ3n) is 4.60. The van der Waals surface area contributed by atoms with Crippen molar-refractivity contribution in [1.82, 2.24) is 34.3 Å². The first-order chi connectivity index (χ1) is 13.0. The number of aryl methyl sites for hydroxylation is 2. The van der Waals surface area contributed by atoms with Crippen LogP contribution in [0.5, 0.6) is 0 Å². The van der Waals surface area contributed by atoms with Crippen LogP contribution in [0.25, 0.3) is 5.82 Å². The van der Waals surface area contributed by atoms with Crippen LogP contribution in [0.15, 0.2) is 35.7 Å². The zero-order chi connectivity index (χ0) is 19.0. The molecule has 1 aliphatic heterocycles. The maximum Gasteiger partial charge on any atom is 0.246 e. The van der Waals surface area contributed by atoms with Crippen molar-refractivity contribution < 1.29 is 8.42 Å². The van der Waals surface area contributed by atoms with E-state index in [1.807, 2.05) is 18.3 Å². The van der Waals surface area contributed by atoms with Gasteiger partial charge in [-0.05, 0) is 19.9 Å². The van der Waals surface area contributed by atoms with Gasteiger partial charge in [-0.1, -0.05) is 0 Å². The van der Waals surface area contributed by atoms with Gasteiger partial charge in [-0.3, -0.25) is 5.10 Å². The number of hydrogen-bond donors (Lipinski definition) is 1. The quantitative estimate of drug-likeness (QED) is 0.693. The topological polar surface area (TPSA) is 113 Å². The Kier molecular flexibility index (Phi) is 4.40. The second-order valence-electron chi connectivity index (χ2n) is 6.34. The van der Waals surface area contributed by atoms with Crippen molar-refractivity contribution in [3.05, 3.63) is 42.2 Å². The summed E-state index contributed by atoms with van der Waals surface area (Å²) in [6.45, 7) is 5.28. The Morgan fingerprint density at radius 1 is 1.07 bits per heavy atom. The SMILES string of the molecule is Cc1n[nH]c(C)c1S(=O)(=O)N1CCN(c2cc(-n3cccn3)ncn2)CC1. The van der Waals surface area contributed by atoms with Gasteiger partial charge in [0.2, 0.25) is 10.0 Å². The van der Waals surface area contributed by atoms with Crippen molar-refractivity contribution in [1.29, 1.82) is 0 Å². The molecule has 0 amide bonds. The van der Waals surface area contributed by atoms with Gasteiger partial charge in [-0.2, -0.15) is 14.5 Å². The van der Waals surface area contributed by atoms with Gasteiger partial charge < -0.3 is 4.90 Å². The molecule has 11 heteroatoms. The molecule has 1 fully saturated rings. The van der Waals surface area contributed by atoms with E-state index in [4.69, 9.17) is 0 Å². The normalized spacial score (nSPS) is 16.0. The van der Waals surface area contributed by atoms with Gasteiger partial charge >= 0.3 is 0 Å². The summed E-state index contributed by atoms with van der Waals surface area (Å²) >= 11 is 0. The smallest absolute Gasteiger partial charge is 0.246 e. The van der Waals surface area contributed by atoms with Crippen LogP contribution >= 0.6 is 0 Å². The zero-order valence-corrected chi connectivity index (χ0v) is 15.9. The summed E-state index contributed by atoms with van der Waals surface area (Å²) in [4.78, 5) is 10.9. The van der Waals surface area contributed by atoms with E-state index in [0.717, 1.165) is 5.82 Å². The maximum atomic E-state index is 13.0. The number of sulfonamides is 1. The molecule has 142 valence electrons. The highest BCUT2D eigenvalue weighted by Crippen LogP contribution is 2.24. The fourth-order valence-corrected chi connectivity index (χ4v) is 5.00. The molecule has 0 spiro atoms. The van der Waals surface area contributed by atoms with E-state index >= 15 is 0 Å². The number of H-pyrrole nitrogens is 1. The fraction of sp³-hybridized carbons (Fsp3) is 0.375. The van der Waals surface area contributed by atoms with Crippen LogP contribution in [0.1, 0.15) is 11.4 Å². The Balaban J connectivity index is 1.51. The minimum absolute atomic E-state index is 0.277. The van der Waals surface area contributed by atoms with Crippen LogP contribution in [0.4, 0.5) is 5.82 Å². The number of nitrogens with zero attached hydrogens (tertiary/aromatic N) is 7. The number of hydrogen-bond acceptors (Lipinski definition) is 7. The standard InChI is InChI=1S/C16H20N8O2S/c1-12-16(13(2)21-20-12)27(25,26)23-8-6-22(7-9-23)14-10-15(18-11-17-14)24-5-3-4-19-24/h3-5,10-11H,6-9H2,1-2H3,(H,20,21). The molecular weight excluding hydrogens is 368 g/mol.